The molecule has 0 atom stereocenters. The van der Waals surface area contributed by atoms with E-state index in [1.165, 1.54) is 0 Å². The predicted octanol–water partition coefficient (Wildman–Crippen LogP) is 5.73. The van der Waals surface area contributed by atoms with Gasteiger partial charge in [0, 0.05) is 23.5 Å². The van der Waals surface area contributed by atoms with Crippen molar-refractivity contribution in [3.63, 3.8) is 0 Å². The van der Waals surface area contributed by atoms with E-state index in [9.17, 15) is 0 Å². The Morgan fingerprint density at radius 2 is 1.70 bits per heavy atom. The van der Waals surface area contributed by atoms with E-state index in [-0.39, 0.29) is 12.4 Å². The van der Waals surface area contributed by atoms with E-state index in [2.05, 4.69) is 18.7 Å². The standard InChI is InChI=1S/C21H22ClN3O.ClH/c1-4-25(5-2)21-17-7-6-8-18(26-3)20(17)23-19(24-21)14-11-15-9-12-16(22)13-10-15;/h6-14H,4-5H2,1-3H3;1H. The number of nitrogens with zero attached hydrogens (tertiary/aromatic N) is 3. The lowest BCUT2D eigenvalue weighted by atomic mass is 10.2. The third-order valence-corrected chi connectivity index (χ3v) is 4.52. The van der Waals surface area contributed by atoms with Crippen LogP contribution in [0.25, 0.3) is 23.1 Å². The van der Waals surface area contributed by atoms with Crippen molar-refractivity contribution in [2.45, 2.75) is 13.8 Å². The van der Waals surface area contributed by atoms with Crippen molar-refractivity contribution in [2.24, 2.45) is 0 Å². The van der Waals surface area contributed by atoms with Crippen LogP contribution in [0.1, 0.15) is 25.2 Å². The first kappa shape index (κ1) is 21.0. The van der Waals surface area contributed by atoms with Crippen LogP contribution in [-0.4, -0.2) is 30.2 Å². The van der Waals surface area contributed by atoms with E-state index in [0.717, 1.165) is 46.1 Å². The molecule has 1 heterocycles. The molecule has 0 fully saturated rings. The van der Waals surface area contributed by atoms with E-state index < -0.39 is 0 Å². The molecule has 0 aliphatic heterocycles. The highest BCUT2D eigenvalue weighted by Gasteiger charge is 2.14. The van der Waals surface area contributed by atoms with Gasteiger partial charge in [0.2, 0.25) is 0 Å². The van der Waals surface area contributed by atoms with Crippen molar-refractivity contribution in [3.8, 4) is 5.75 Å². The van der Waals surface area contributed by atoms with Gasteiger partial charge < -0.3 is 9.64 Å². The van der Waals surface area contributed by atoms with Crippen LogP contribution in [0.4, 0.5) is 5.82 Å². The fourth-order valence-electron chi connectivity index (χ4n) is 2.87. The number of fused-ring (bicyclic) bond motifs is 1. The number of hydrogen-bond acceptors (Lipinski definition) is 4. The minimum atomic E-state index is 0. The predicted molar refractivity (Wildman–Crippen MR) is 117 cm³/mol. The highest BCUT2D eigenvalue weighted by atomic mass is 35.5. The molecular formula is C21H23Cl2N3O. The van der Waals surface area contributed by atoms with Crippen molar-refractivity contribution >= 4 is 52.9 Å². The second kappa shape index (κ2) is 9.58. The molecule has 0 radical (unpaired) electrons. The molecule has 1 aromatic heterocycles. The first-order chi connectivity index (χ1) is 12.7. The Labute approximate surface area is 171 Å². The number of para-hydroxylation sites is 1. The van der Waals surface area contributed by atoms with Crippen molar-refractivity contribution in [2.75, 3.05) is 25.1 Å². The lowest BCUT2D eigenvalue weighted by Gasteiger charge is -2.22. The van der Waals surface area contributed by atoms with Crippen LogP contribution in [0.15, 0.2) is 42.5 Å². The summed E-state index contributed by atoms with van der Waals surface area (Å²) in [6, 6.07) is 13.6. The maximum atomic E-state index is 5.95. The molecule has 0 saturated heterocycles. The van der Waals surface area contributed by atoms with Crippen LogP contribution >= 0.6 is 24.0 Å². The molecule has 0 aliphatic carbocycles. The van der Waals surface area contributed by atoms with Gasteiger partial charge in [0.1, 0.15) is 17.1 Å². The molecule has 0 aliphatic rings. The number of rotatable bonds is 6. The van der Waals surface area contributed by atoms with Crippen molar-refractivity contribution < 1.29 is 4.74 Å². The second-order valence-electron chi connectivity index (χ2n) is 5.82. The summed E-state index contributed by atoms with van der Waals surface area (Å²) >= 11 is 5.95. The maximum Gasteiger partial charge on any atom is 0.155 e. The summed E-state index contributed by atoms with van der Waals surface area (Å²) in [5.74, 6) is 2.33. The van der Waals surface area contributed by atoms with Crippen LogP contribution in [0.3, 0.4) is 0 Å². The quantitative estimate of drug-likeness (QED) is 0.526. The summed E-state index contributed by atoms with van der Waals surface area (Å²) in [7, 11) is 1.66. The topological polar surface area (TPSA) is 38.2 Å². The molecule has 4 nitrogen and oxygen atoms in total. The number of anilines is 1. The molecule has 0 N–H and O–H groups in total. The zero-order valence-corrected chi connectivity index (χ0v) is 17.2. The third-order valence-electron chi connectivity index (χ3n) is 4.26. The number of aromatic nitrogens is 2. The van der Waals surface area contributed by atoms with Gasteiger partial charge in [-0.1, -0.05) is 35.9 Å². The Balaban J connectivity index is 0.00000261. The van der Waals surface area contributed by atoms with Gasteiger partial charge in [-0.15, -0.1) is 12.4 Å². The van der Waals surface area contributed by atoms with Crippen LogP contribution in [0, 0.1) is 0 Å². The molecular weight excluding hydrogens is 381 g/mol. The molecule has 0 unspecified atom stereocenters. The van der Waals surface area contributed by atoms with Crippen LogP contribution in [0.5, 0.6) is 5.75 Å². The van der Waals surface area contributed by atoms with Crippen molar-refractivity contribution in [1.82, 2.24) is 9.97 Å². The Hall–Kier alpha value is -2.30. The average Bonchev–Trinajstić information content (AvgIpc) is 2.68. The number of methoxy groups -OCH3 is 1. The molecule has 3 rings (SSSR count). The zero-order valence-electron chi connectivity index (χ0n) is 15.6. The second-order valence-corrected chi connectivity index (χ2v) is 6.26. The minimum Gasteiger partial charge on any atom is -0.494 e. The number of ether oxygens (including phenoxy) is 1. The highest BCUT2D eigenvalue weighted by Crippen LogP contribution is 2.30. The Morgan fingerprint density at radius 1 is 1.00 bits per heavy atom. The number of hydrogen-bond donors (Lipinski definition) is 0. The van der Waals surface area contributed by atoms with Gasteiger partial charge in [-0.3, -0.25) is 0 Å². The maximum absolute atomic E-state index is 5.95. The summed E-state index contributed by atoms with van der Waals surface area (Å²) in [6.45, 7) is 6.00. The van der Waals surface area contributed by atoms with E-state index in [1.54, 1.807) is 7.11 Å². The van der Waals surface area contributed by atoms with E-state index in [4.69, 9.17) is 26.3 Å². The molecule has 0 amide bonds. The molecule has 0 saturated carbocycles. The highest BCUT2D eigenvalue weighted by molar-refractivity contribution is 6.30. The van der Waals surface area contributed by atoms with E-state index in [1.807, 2.05) is 54.6 Å². The number of halogens is 2. The van der Waals surface area contributed by atoms with Gasteiger partial charge in [-0.2, -0.15) is 0 Å². The molecule has 0 bridgehead atoms. The van der Waals surface area contributed by atoms with Gasteiger partial charge in [-0.05, 0) is 49.8 Å². The summed E-state index contributed by atoms with van der Waals surface area (Å²) in [4.78, 5) is 11.7. The molecule has 0 spiro atoms. The average molecular weight is 404 g/mol. The van der Waals surface area contributed by atoms with Gasteiger partial charge >= 0.3 is 0 Å². The van der Waals surface area contributed by atoms with Crippen LogP contribution in [0.2, 0.25) is 5.02 Å². The van der Waals surface area contributed by atoms with Crippen molar-refractivity contribution in [1.29, 1.82) is 0 Å². The minimum absolute atomic E-state index is 0. The van der Waals surface area contributed by atoms with Gasteiger partial charge in [0.25, 0.3) is 0 Å². The smallest absolute Gasteiger partial charge is 0.155 e. The third kappa shape index (κ3) is 4.71. The van der Waals surface area contributed by atoms with Crippen LogP contribution in [-0.2, 0) is 0 Å². The summed E-state index contributed by atoms with van der Waals surface area (Å²) in [5.41, 5.74) is 1.87. The molecule has 142 valence electrons. The summed E-state index contributed by atoms with van der Waals surface area (Å²) in [6.07, 6.45) is 3.90. The first-order valence-electron chi connectivity index (χ1n) is 8.69. The largest absolute Gasteiger partial charge is 0.494 e. The molecule has 27 heavy (non-hydrogen) atoms. The lowest BCUT2D eigenvalue weighted by molar-refractivity contribution is 0.419. The summed E-state index contributed by atoms with van der Waals surface area (Å²) in [5, 5.41) is 1.72. The normalized spacial score (nSPS) is 10.8. The fraction of sp³-hybridized carbons (Fsp3) is 0.238. The fourth-order valence-corrected chi connectivity index (χ4v) is 3.00. The monoisotopic (exact) mass is 403 g/mol. The van der Waals surface area contributed by atoms with Crippen LogP contribution < -0.4 is 9.64 Å². The van der Waals surface area contributed by atoms with Gasteiger partial charge in [0.15, 0.2) is 5.82 Å². The Morgan fingerprint density at radius 3 is 2.33 bits per heavy atom. The molecule has 3 aromatic rings. The number of benzene rings is 2. The van der Waals surface area contributed by atoms with Gasteiger partial charge in [-0.25, -0.2) is 9.97 Å². The Kier molecular flexibility index (Phi) is 7.45. The lowest BCUT2D eigenvalue weighted by Crippen LogP contribution is -2.23. The Bertz CT molecular complexity index is 923. The molecule has 2 aromatic carbocycles. The zero-order chi connectivity index (χ0) is 18.5. The van der Waals surface area contributed by atoms with E-state index >= 15 is 0 Å². The first-order valence-corrected chi connectivity index (χ1v) is 9.07. The van der Waals surface area contributed by atoms with E-state index in [0.29, 0.717) is 5.82 Å². The van der Waals surface area contributed by atoms with Crippen molar-refractivity contribution in [3.05, 3.63) is 58.9 Å². The SMILES string of the molecule is CCN(CC)c1nc(C=Cc2ccc(Cl)cc2)nc2c(OC)cccc12.Cl. The molecule has 6 heteroatoms. The van der Waals surface area contributed by atoms with Gasteiger partial charge in [0.05, 0.1) is 7.11 Å². The summed E-state index contributed by atoms with van der Waals surface area (Å²) < 4.78 is 5.51.